The van der Waals surface area contributed by atoms with Gasteiger partial charge in [0.1, 0.15) is 11.6 Å². The number of carbonyl (C=O) groups is 2. The van der Waals surface area contributed by atoms with Crippen molar-refractivity contribution in [2.75, 3.05) is 19.6 Å². The number of rotatable bonds is 6. The minimum atomic E-state index is -0.889. The number of nitriles is 1. The summed E-state index contributed by atoms with van der Waals surface area (Å²) in [5, 5.41) is 20.1. The van der Waals surface area contributed by atoms with Gasteiger partial charge in [-0.3, -0.25) is 9.59 Å². The topological polar surface area (TPSA) is 93.4 Å². The van der Waals surface area contributed by atoms with Crippen LogP contribution in [0.5, 0.6) is 0 Å². The predicted molar refractivity (Wildman–Crippen MR) is 73.6 cm³/mol. The van der Waals surface area contributed by atoms with Crippen LogP contribution in [0.4, 0.5) is 0 Å². The van der Waals surface area contributed by atoms with Gasteiger partial charge in [0.05, 0.1) is 0 Å². The van der Waals surface area contributed by atoms with Gasteiger partial charge in [-0.05, 0) is 19.3 Å². The van der Waals surface area contributed by atoms with E-state index in [0.717, 1.165) is 25.9 Å². The first-order valence-electron chi connectivity index (χ1n) is 6.99. The first-order valence-corrected chi connectivity index (χ1v) is 6.99. The molecule has 2 N–H and O–H groups in total. The van der Waals surface area contributed by atoms with Crippen LogP contribution < -0.4 is 5.32 Å². The van der Waals surface area contributed by atoms with Crippen LogP contribution in [0, 0.1) is 11.3 Å². The van der Waals surface area contributed by atoms with E-state index in [1.54, 1.807) is 6.20 Å². The molecule has 20 heavy (non-hydrogen) atoms. The number of carbonyl (C=O) groups excluding carboxylic acids is 1. The molecule has 0 aliphatic carbocycles. The zero-order valence-electron chi connectivity index (χ0n) is 11.6. The third-order valence-electron chi connectivity index (χ3n) is 3.17. The molecule has 0 aromatic carbocycles. The number of nitrogens with zero attached hydrogens (tertiary/aromatic N) is 2. The highest BCUT2D eigenvalue weighted by Crippen LogP contribution is 2.11. The molecule has 110 valence electrons. The fourth-order valence-corrected chi connectivity index (χ4v) is 2.08. The highest BCUT2D eigenvalue weighted by molar-refractivity contribution is 5.97. The van der Waals surface area contributed by atoms with E-state index >= 15 is 0 Å². The van der Waals surface area contributed by atoms with Gasteiger partial charge in [-0.15, -0.1) is 0 Å². The summed E-state index contributed by atoms with van der Waals surface area (Å²) in [6, 6.07) is 1.91. The van der Waals surface area contributed by atoms with Crippen molar-refractivity contribution in [2.45, 2.75) is 38.5 Å². The van der Waals surface area contributed by atoms with Crippen molar-refractivity contribution in [2.24, 2.45) is 0 Å². The lowest BCUT2D eigenvalue weighted by Gasteiger charge is -2.17. The second-order valence-corrected chi connectivity index (χ2v) is 4.86. The predicted octanol–water partition coefficient (Wildman–Crippen LogP) is 1.25. The van der Waals surface area contributed by atoms with Gasteiger partial charge in [0.2, 0.25) is 0 Å². The lowest BCUT2D eigenvalue weighted by atomic mass is 10.2. The minimum absolute atomic E-state index is 0.0119. The number of nitrogens with one attached hydrogen (secondary N) is 1. The fourth-order valence-electron chi connectivity index (χ4n) is 2.08. The Labute approximate surface area is 119 Å². The molecule has 6 nitrogen and oxygen atoms in total. The highest BCUT2D eigenvalue weighted by Gasteiger charge is 2.12. The molecule has 1 saturated heterocycles. The van der Waals surface area contributed by atoms with Crippen LogP contribution in [0.2, 0.25) is 0 Å². The van der Waals surface area contributed by atoms with Crippen molar-refractivity contribution in [3.05, 3.63) is 11.8 Å². The standard InChI is InChI=1S/C14H21N3O3/c15-10-12(11-17-8-3-1-2-4-9-17)14(20)16-7-5-6-13(18)19/h11H,1-9H2,(H,16,20)(H,18,19)/b12-11-. The molecular formula is C14H21N3O3. The summed E-state index contributed by atoms with van der Waals surface area (Å²) in [7, 11) is 0. The van der Waals surface area contributed by atoms with Crippen LogP contribution in [0.25, 0.3) is 0 Å². The maximum absolute atomic E-state index is 11.8. The lowest BCUT2D eigenvalue weighted by molar-refractivity contribution is -0.137. The van der Waals surface area contributed by atoms with Gasteiger partial charge in [-0.2, -0.15) is 5.26 Å². The smallest absolute Gasteiger partial charge is 0.303 e. The van der Waals surface area contributed by atoms with Gasteiger partial charge in [0, 0.05) is 32.3 Å². The Kier molecular flexibility index (Phi) is 7.18. The van der Waals surface area contributed by atoms with E-state index < -0.39 is 11.9 Å². The Balaban J connectivity index is 2.45. The monoisotopic (exact) mass is 279 g/mol. The molecule has 1 aliphatic heterocycles. The Morgan fingerprint density at radius 1 is 1.25 bits per heavy atom. The summed E-state index contributed by atoms with van der Waals surface area (Å²) in [5.41, 5.74) is 0.0854. The molecule has 6 heteroatoms. The van der Waals surface area contributed by atoms with Gasteiger partial charge >= 0.3 is 5.97 Å². The number of likely N-dealkylation sites (tertiary alicyclic amines) is 1. The number of hydrogen-bond acceptors (Lipinski definition) is 4. The van der Waals surface area contributed by atoms with Gasteiger partial charge < -0.3 is 15.3 Å². The Morgan fingerprint density at radius 3 is 2.45 bits per heavy atom. The van der Waals surface area contributed by atoms with E-state index in [2.05, 4.69) is 5.32 Å². The van der Waals surface area contributed by atoms with E-state index in [0.29, 0.717) is 6.42 Å². The molecule has 0 atom stereocenters. The average Bonchev–Trinajstić information content (AvgIpc) is 2.69. The third-order valence-corrected chi connectivity index (χ3v) is 3.17. The maximum atomic E-state index is 11.8. The van der Waals surface area contributed by atoms with Crippen molar-refractivity contribution >= 4 is 11.9 Å². The molecule has 1 fully saturated rings. The average molecular weight is 279 g/mol. The molecule has 1 amide bonds. The molecule has 0 aromatic heterocycles. The molecular weight excluding hydrogens is 258 g/mol. The van der Waals surface area contributed by atoms with Crippen LogP contribution in [-0.4, -0.2) is 41.5 Å². The van der Waals surface area contributed by atoms with E-state index in [1.165, 1.54) is 12.8 Å². The summed E-state index contributed by atoms with van der Waals surface area (Å²) >= 11 is 0. The quantitative estimate of drug-likeness (QED) is 0.433. The van der Waals surface area contributed by atoms with Gasteiger partial charge in [-0.1, -0.05) is 12.8 Å². The molecule has 0 saturated carbocycles. The molecule has 0 spiro atoms. The van der Waals surface area contributed by atoms with Crippen LogP contribution >= 0.6 is 0 Å². The third kappa shape index (κ3) is 6.23. The normalized spacial score (nSPS) is 16.1. The van der Waals surface area contributed by atoms with E-state index in [-0.39, 0.29) is 18.5 Å². The largest absolute Gasteiger partial charge is 0.481 e. The fraction of sp³-hybridized carbons (Fsp3) is 0.643. The van der Waals surface area contributed by atoms with Crippen molar-refractivity contribution < 1.29 is 14.7 Å². The number of aliphatic carboxylic acids is 1. The number of amides is 1. The van der Waals surface area contributed by atoms with Crippen LogP contribution in [0.1, 0.15) is 38.5 Å². The van der Waals surface area contributed by atoms with Crippen LogP contribution in [0.15, 0.2) is 11.8 Å². The number of carboxylic acid groups (broad SMARTS) is 1. The summed E-state index contributed by atoms with van der Waals surface area (Å²) in [5.74, 6) is -1.32. The zero-order chi connectivity index (χ0) is 14.8. The van der Waals surface area contributed by atoms with Crippen LogP contribution in [0.3, 0.4) is 0 Å². The molecule has 0 bridgehead atoms. The van der Waals surface area contributed by atoms with E-state index in [4.69, 9.17) is 10.4 Å². The summed E-state index contributed by atoms with van der Waals surface area (Å²) in [6.07, 6.45) is 6.53. The van der Waals surface area contributed by atoms with E-state index in [9.17, 15) is 9.59 Å². The lowest BCUT2D eigenvalue weighted by Crippen LogP contribution is -2.28. The number of carboxylic acids is 1. The molecule has 1 aliphatic rings. The van der Waals surface area contributed by atoms with Crippen LogP contribution in [-0.2, 0) is 9.59 Å². The second-order valence-electron chi connectivity index (χ2n) is 4.86. The molecule has 0 radical (unpaired) electrons. The Morgan fingerprint density at radius 2 is 1.90 bits per heavy atom. The van der Waals surface area contributed by atoms with E-state index in [1.807, 2.05) is 11.0 Å². The molecule has 0 aromatic rings. The van der Waals surface area contributed by atoms with Gasteiger partial charge in [0.15, 0.2) is 0 Å². The highest BCUT2D eigenvalue weighted by atomic mass is 16.4. The van der Waals surface area contributed by atoms with Crippen molar-refractivity contribution in [3.63, 3.8) is 0 Å². The van der Waals surface area contributed by atoms with Gasteiger partial charge in [0.25, 0.3) is 5.91 Å². The zero-order valence-corrected chi connectivity index (χ0v) is 11.6. The van der Waals surface area contributed by atoms with Crippen molar-refractivity contribution in [1.82, 2.24) is 10.2 Å². The Hall–Kier alpha value is -2.03. The van der Waals surface area contributed by atoms with Gasteiger partial charge in [-0.25, -0.2) is 0 Å². The molecule has 1 rings (SSSR count). The second kappa shape index (κ2) is 8.97. The first kappa shape index (κ1) is 16.0. The maximum Gasteiger partial charge on any atom is 0.303 e. The molecule has 0 unspecified atom stereocenters. The molecule has 1 heterocycles. The minimum Gasteiger partial charge on any atom is -0.481 e. The first-order chi connectivity index (χ1) is 9.63. The summed E-state index contributed by atoms with van der Waals surface area (Å²) < 4.78 is 0. The number of hydrogen-bond donors (Lipinski definition) is 2. The SMILES string of the molecule is N#C/C(=C/N1CCCCCC1)C(=O)NCCCC(=O)O. The summed E-state index contributed by atoms with van der Waals surface area (Å²) in [6.45, 7) is 2.01. The Bertz CT molecular complexity index is 404. The van der Waals surface area contributed by atoms with Crippen molar-refractivity contribution in [3.8, 4) is 6.07 Å². The van der Waals surface area contributed by atoms with Crippen molar-refractivity contribution in [1.29, 1.82) is 5.26 Å². The summed E-state index contributed by atoms with van der Waals surface area (Å²) in [4.78, 5) is 24.2.